The minimum atomic E-state index is -0.776. The standard InChI is InChI=1S/C18H29NO3/c1-5-8-13-18(4,22-7-3)17(20)19-15-9-11-16(12-10-15)21-14-6-2/h9-12H,5-8,13-14H2,1-4H3,(H,19,20). The highest BCUT2D eigenvalue weighted by molar-refractivity contribution is 5.97. The van der Waals surface area contributed by atoms with E-state index < -0.39 is 5.60 Å². The van der Waals surface area contributed by atoms with E-state index in [4.69, 9.17) is 9.47 Å². The fraction of sp³-hybridized carbons (Fsp3) is 0.611. The van der Waals surface area contributed by atoms with Crippen LogP contribution in [-0.4, -0.2) is 24.7 Å². The van der Waals surface area contributed by atoms with E-state index in [0.717, 1.165) is 37.1 Å². The lowest BCUT2D eigenvalue weighted by molar-refractivity contribution is -0.139. The average molecular weight is 307 g/mol. The van der Waals surface area contributed by atoms with Gasteiger partial charge in [-0.15, -0.1) is 0 Å². The van der Waals surface area contributed by atoms with Crippen LogP contribution in [0.1, 0.15) is 53.4 Å². The van der Waals surface area contributed by atoms with Gasteiger partial charge in [-0.2, -0.15) is 0 Å². The summed E-state index contributed by atoms with van der Waals surface area (Å²) in [5.41, 5.74) is -0.0152. The Morgan fingerprint density at radius 1 is 1.14 bits per heavy atom. The van der Waals surface area contributed by atoms with E-state index in [0.29, 0.717) is 13.2 Å². The van der Waals surface area contributed by atoms with Crippen LogP contribution >= 0.6 is 0 Å². The number of carbonyl (C=O) groups excluding carboxylic acids is 1. The van der Waals surface area contributed by atoms with Crippen molar-refractivity contribution in [2.45, 2.75) is 59.0 Å². The molecule has 0 fully saturated rings. The normalized spacial score (nSPS) is 13.5. The minimum absolute atomic E-state index is 0.0926. The van der Waals surface area contributed by atoms with Crippen molar-refractivity contribution in [3.8, 4) is 5.75 Å². The zero-order valence-electron chi connectivity index (χ0n) is 14.3. The second-order valence-electron chi connectivity index (χ2n) is 5.59. The third-order valence-electron chi connectivity index (χ3n) is 3.54. The van der Waals surface area contributed by atoms with Gasteiger partial charge >= 0.3 is 0 Å². The molecule has 124 valence electrons. The molecule has 1 N–H and O–H groups in total. The number of rotatable bonds is 10. The molecular weight excluding hydrogens is 278 g/mol. The number of hydrogen-bond donors (Lipinski definition) is 1. The molecule has 0 spiro atoms. The summed E-state index contributed by atoms with van der Waals surface area (Å²) < 4.78 is 11.2. The highest BCUT2D eigenvalue weighted by Gasteiger charge is 2.33. The van der Waals surface area contributed by atoms with Crippen molar-refractivity contribution in [2.75, 3.05) is 18.5 Å². The predicted octanol–water partition coefficient (Wildman–Crippen LogP) is 4.40. The van der Waals surface area contributed by atoms with Gasteiger partial charge in [0.25, 0.3) is 5.91 Å². The van der Waals surface area contributed by atoms with Gasteiger partial charge in [0.2, 0.25) is 0 Å². The summed E-state index contributed by atoms with van der Waals surface area (Å²) in [7, 11) is 0. The van der Waals surface area contributed by atoms with E-state index in [1.54, 1.807) is 0 Å². The van der Waals surface area contributed by atoms with Crippen LogP contribution in [0.2, 0.25) is 0 Å². The molecule has 0 saturated heterocycles. The number of hydrogen-bond acceptors (Lipinski definition) is 3. The molecule has 4 nitrogen and oxygen atoms in total. The van der Waals surface area contributed by atoms with Crippen molar-refractivity contribution in [1.29, 1.82) is 0 Å². The van der Waals surface area contributed by atoms with Gasteiger partial charge in [0.05, 0.1) is 6.61 Å². The fourth-order valence-corrected chi connectivity index (χ4v) is 2.20. The van der Waals surface area contributed by atoms with Crippen LogP contribution in [0.4, 0.5) is 5.69 Å². The molecule has 1 aromatic carbocycles. The molecule has 0 saturated carbocycles. The Kier molecular flexibility index (Phi) is 7.96. The molecule has 1 atom stereocenters. The Morgan fingerprint density at radius 3 is 2.36 bits per heavy atom. The first-order valence-corrected chi connectivity index (χ1v) is 8.24. The molecule has 0 aliphatic carbocycles. The second kappa shape index (κ2) is 9.46. The van der Waals surface area contributed by atoms with Crippen LogP contribution in [0.5, 0.6) is 5.75 Å². The van der Waals surface area contributed by atoms with Crippen LogP contribution in [-0.2, 0) is 9.53 Å². The maximum absolute atomic E-state index is 12.5. The summed E-state index contributed by atoms with van der Waals surface area (Å²) in [6.07, 6.45) is 3.70. The molecule has 1 aromatic rings. The lowest BCUT2D eigenvalue weighted by Crippen LogP contribution is -2.42. The Morgan fingerprint density at radius 2 is 1.82 bits per heavy atom. The smallest absolute Gasteiger partial charge is 0.256 e. The van der Waals surface area contributed by atoms with Crippen molar-refractivity contribution in [3.05, 3.63) is 24.3 Å². The summed E-state index contributed by atoms with van der Waals surface area (Å²) >= 11 is 0. The zero-order valence-corrected chi connectivity index (χ0v) is 14.3. The molecule has 0 aliphatic heterocycles. The van der Waals surface area contributed by atoms with Gasteiger partial charge in [-0.3, -0.25) is 4.79 Å². The number of anilines is 1. The predicted molar refractivity (Wildman–Crippen MR) is 90.4 cm³/mol. The monoisotopic (exact) mass is 307 g/mol. The van der Waals surface area contributed by atoms with Crippen molar-refractivity contribution in [1.82, 2.24) is 0 Å². The summed E-state index contributed by atoms with van der Waals surface area (Å²) in [5, 5.41) is 2.94. The van der Waals surface area contributed by atoms with Gasteiger partial charge in [0, 0.05) is 12.3 Å². The van der Waals surface area contributed by atoms with Gasteiger partial charge in [0.1, 0.15) is 11.4 Å². The van der Waals surface area contributed by atoms with E-state index >= 15 is 0 Å². The topological polar surface area (TPSA) is 47.6 Å². The molecule has 0 aromatic heterocycles. The van der Waals surface area contributed by atoms with Crippen molar-refractivity contribution < 1.29 is 14.3 Å². The van der Waals surface area contributed by atoms with Gasteiger partial charge in [-0.1, -0.05) is 26.7 Å². The molecule has 0 heterocycles. The Bertz CT molecular complexity index is 444. The number of unbranched alkanes of at least 4 members (excludes halogenated alkanes) is 1. The molecule has 1 amide bonds. The molecule has 1 rings (SSSR count). The highest BCUT2D eigenvalue weighted by atomic mass is 16.5. The van der Waals surface area contributed by atoms with Crippen molar-refractivity contribution >= 4 is 11.6 Å². The maximum atomic E-state index is 12.5. The van der Waals surface area contributed by atoms with Crippen LogP contribution in [0.3, 0.4) is 0 Å². The summed E-state index contributed by atoms with van der Waals surface area (Å²) in [5.74, 6) is 0.725. The highest BCUT2D eigenvalue weighted by Crippen LogP contribution is 2.23. The van der Waals surface area contributed by atoms with Crippen LogP contribution in [0, 0.1) is 0 Å². The molecular formula is C18H29NO3. The number of nitrogens with one attached hydrogen (secondary N) is 1. The number of ether oxygens (including phenoxy) is 2. The molecule has 0 bridgehead atoms. The SMILES string of the molecule is CCCCC(C)(OCC)C(=O)Nc1ccc(OCCC)cc1. The molecule has 1 unspecified atom stereocenters. The number of carbonyl (C=O) groups is 1. The molecule has 0 radical (unpaired) electrons. The molecule has 22 heavy (non-hydrogen) atoms. The van der Waals surface area contributed by atoms with Crippen LogP contribution < -0.4 is 10.1 Å². The third kappa shape index (κ3) is 5.68. The van der Waals surface area contributed by atoms with Crippen LogP contribution in [0.25, 0.3) is 0 Å². The Labute approximate surface area is 134 Å². The first-order chi connectivity index (χ1) is 10.6. The third-order valence-corrected chi connectivity index (χ3v) is 3.54. The van der Waals surface area contributed by atoms with Gasteiger partial charge < -0.3 is 14.8 Å². The minimum Gasteiger partial charge on any atom is -0.494 e. The Balaban J connectivity index is 2.68. The number of amides is 1. The Hall–Kier alpha value is -1.55. The van der Waals surface area contributed by atoms with E-state index in [1.807, 2.05) is 38.1 Å². The summed E-state index contributed by atoms with van der Waals surface area (Å²) in [6, 6.07) is 7.45. The quantitative estimate of drug-likeness (QED) is 0.697. The first-order valence-electron chi connectivity index (χ1n) is 8.24. The molecule has 4 heteroatoms. The van der Waals surface area contributed by atoms with Gasteiger partial charge in [0.15, 0.2) is 0 Å². The lowest BCUT2D eigenvalue weighted by Gasteiger charge is -2.28. The lowest BCUT2D eigenvalue weighted by atomic mass is 9.97. The van der Waals surface area contributed by atoms with E-state index in [-0.39, 0.29) is 5.91 Å². The summed E-state index contributed by atoms with van der Waals surface area (Å²) in [6.45, 7) is 9.18. The fourth-order valence-electron chi connectivity index (χ4n) is 2.20. The maximum Gasteiger partial charge on any atom is 0.256 e. The van der Waals surface area contributed by atoms with E-state index in [2.05, 4.69) is 19.2 Å². The average Bonchev–Trinajstić information content (AvgIpc) is 2.52. The summed E-state index contributed by atoms with van der Waals surface area (Å²) in [4.78, 5) is 12.5. The zero-order chi connectivity index (χ0) is 16.4. The van der Waals surface area contributed by atoms with Crippen LogP contribution in [0.15, 0.2) is 24.3 Å². The van der Waals surface area contributed by atoms with Crippen molar-refractivity contribution in [3.63, 3.8) is 0 Å². The first kappa shape index (κ1) is 18.5. The van der Waals surface area contributed by atoms with E-state index in [9.17, 15) is 4.79 Å². The largest absolute Gasteiger partial charge is 0.494 e. The van der Waals surface area contributed by atoms with Gasteiger partial charge in [-0.05, 0) is 51.0 Å². The molecule has 0 aliphatic rings. The second-order valence-corrected chi connectivity index (χ2v) is 5.59. The van der Waals surface area contributed by atoms with Crippen molar-refractivity contribution in [2.24, 2.45) is 0 Å². The van der Waals surface area contributed by atoms with E-state index in [1.165, 1.54) is 0 Å². The van der Waals surface area contributed by atoms with Gasteiger partial charge in [-0.25, -0.2) is 0 Å². The number of benzene rings is 1.